The van der Waals surface area contributed by atoms with Gasteiger partial charge in [0, 0.05) is 12.7 Å². The largest absolute Gasteiger partial charge is 0.383 e. The highest BCUT2D eigenvalue weighted by Crippen LogP contribution is 2.18. The van der Waals surface area contributed by atoms with Crippen LogP contribution in [0.2, 0.25) is 0 Å². The van der Waals surface area contributed by atoms with E-state index in [2.05, 4.69) is 10.1 Å². The van der Waals surface area contributed by atoms with Gasteiger partial charge in [0.05, 0.1) is 6.61 Å². The van der Waals surface area contributed by atoms with Gasteiger partial charge < -0.3 is 15.0 Å². The highest BCUT2D eigenvalue weighted by molar-refractivity contribution is 5.55. The molecule has 0 aliphatic rings. The zero-order valence-corrected chi connectivity index (χ0v) is 9.88. The minimum absolute atomic E-state index is 0.357. The Morgan fingerprint density at radius 1 is 1.47 bits per heavy atom. The SMILES string of the molecule is COCC(N)c1nc(-c2cccc(C)c2)no1. The molecule has 0 aliphatic heterocycles. The molecule has 0 aliphatic carbocycles. The van der Waals surface area contributed by atoms with Gasteiger partial charge in [-0.1, -0.05) is 28.9 Å². The zero-order valence-electron chi connectivity index (χ0n) is 9.88. The first-order chi connectivity index (χ1) is 8.20. The van der Waals surface area contributed by atoms with Crippen LogP contribution in [-0.2, 0) is 4.74 Å². The Morgan fingerprint density at radius 3 is 3.00 bits per heavy atom. The van der Waals surface area contributed by atoms with Gasteiger partial charge in [-0.15, -0.1) is 0 Å². The Balaban J connectivity index is 2.23. The molecule has 1 unspecified atom stereocenters. The van der Waals surface area contributed by atoms with E-state index in [0.29, 0.717) is 18.3 Å². The fourth-order valence-electron chi connectivity index (χ4n) is 1.54. The van der Waals surface area contributed by atoms with Gasteiger partial charge in [0.25, 0.3) is 0 Å². The van der Waals surface area contributed by atoms with Crippen LogP contribution in [0.1, 0.15) is 17.5 Å². The lowest BCUT2D eigenvalue weighted by Gasteiger charge is -2.02. The standard InChI is InChI=1S/C12H15N3O2/c1-8-4-3-5-9(6-8)11-14-12(17-15-11)10(13)7-16-2/h3-6,10H,7,13H2,1-2H3. The van der Waals surface area contributed by atoms with E-state index in [1.165, 1.54) is 0 Å². The van der Waals surface area contributed by atoms with E-state index in [0.717, 1.165) is 11.1 Å². The molecule has 0 radical (unpaired) electrons. The average molecular weight is 233 g/mol. The third-order valence-electron chi connectivity index (χ3n) is 2.38. The molecule has 5 nitrogen and oxygen atoms in total. The van der Waals surface area contributed by atoms with Gasteiger partial charge in [0.15, 0.2) is 0 Å². The van der Waals surface area contributed by atoms with E-state index < -0.39 is 0 Å². The number of benzene rings is 1. The Kier molecular flexibility index (Phi) is 3.51. The molecule has 0 spiro atoms. The van der Waals surface area contributed by atoms with Gasteiger partial charge >= 0.3 is 0 Å². The molecule has 2 aromatic rings. The molecule has 0 amide bonds. The monoisotopic (exact) mass is 233 g/mol. The molecule has 0 bridgehead atoms. The van der Waals surface area contributed by atoms with Crippen molar-refractivity contribution in [3.8, 4) is 11.4 Å². The van der Waals surface area contributed by atoms with Crippen LogP contribution in [0.4, 0.5) is 0 Å². The fraction of sp³-hybridized carbons (Fsp3) is 0.333. The van der Waals surface area contributed by atoms with E-state index in [-0.39, 0.29) is 6.04 Å². The first-order valence-corrected chi connectivity index (χ1v) is 5.36. The molecule has 5 heteroatoms. The minimum Gasteiger partial charge on any atom is -0.383 e. The van der Waals surface area contributed by atoms with Crippen LogP contribution in [0.3, 0.4) is 0 Å². The van der Waals surface area contributed by atoms with Crippen molar-refractivity contribution in [3.05, 3.63) is 35.7 Å². The van der Waals surface area contributed by atoms with Crippen molar-refractivity contribution in [2.24, 2.45) is 5.73 Å². The fourth-order valence-corrected chi connectivity index (χ4v) is 1.54. The molecular weight excluding hydrogens is 218 g/mol. The van der Waals surface area contributed by atoms with Crippen LogP contribution < -0.4 is 5.73 Å². The lowest BCUT2D eigenvalue weighted by molar-refractivity contribution is 0.166. The van der Waals surface area contributed by atoms with E-state index >= 15 is 0 Å². The average Bonchev–Trinajstić information content (AvgIpc) is 2.78. The third-order valence-corrected chi connectivity index (χ3v) is 2.38. The third kappa shape index (κ3) is 2.69. The van der Waals surface area contributed by atoms with Gasteiger partial charge in [0.2, 0.25) is 11.7 Å². The van der Waals surface area contributed by atoms with Gasteiger partial charge in [0.1, 0.15) is 6.04 Å². The molecule has 1 aromatic heterocycles. The van der Waals surface area contributed by atoms with Crippen molar-refractivity contribution in [3.63, 3.8) is 0 Å². The molecule has 2 rings (SSSR count). The maximum absolute atomic E-state index is 5.81. The number of nitrogens with two attached hydrogens (primary N) is 1. The number of rotatable bonds is 4. The first-order valence-electron chi connectivity index (χ1n) is 5.36. The van der Waals surface area contributed by atoms with E-state index in [1.54, 1.807) is 7.11 Å². The number of aromatic nitrogens is 2. The van der Waals surface area contributed by atoms with Gasteiger partial charge in [-0.05, 0) is 13.0 Å². The summed E-state index contributed by atoms with van der Waals surface area (Å²) in [6.45, 7) is 2.37. The normalized spacial score (nSPS) is 12.6. The summed E-state index contributed by atoms with van der Waals surface area (Å²) >= 11 is 0. The van der Waals surface area contributed by atoms with Crippen molar-refractivity contribution in [2.45, 2.75) is 13.0 Å². The van der Waals surface area contributed by atoms with Crippen LogP contribution in [0.15, 0.2) is 28.8 Å². The summed E-state index contributed by atoms with van der Waals surface area (Å²) in [6.07, 6.45) is 0. The Labute approximate surface area is 99.6 Å². The molecule has 1 atom stereocenters. The van der Waals surface area contributed by atoms with Crippen LogP contribution in [0.25, 0.3) is 11.4 Å². The highest BCUT2D eigenvalue weighted by atomic mass is 16.5. The molecular formula is C12H15N3O2. The molecule has 1 heterocycles. The molecule has 0 saturated heterocycles. The number of methoxy groups -OCH3 is 1. The summed E-state index contributed by atoms with van der Waals surface area (Å²) in [7, 11) is 1.58. The number of hydrogen-bond acceptors (Lipinski definition) is 5. The smallest absolute Gasteiger partial charge is 0.246 e. The summed E-state index contributed by atoms with van der Waals surface area (Å²) in [4.78, 5) is 4.26. The first kappa shape index (κ1) is 11.8. The lowest BCUT2D eigenvalue weighted by atomic mass is 10.1. The van der Waals surface area contributed by atoms with E-state index in [4.69, 9.17) is 15.0 Å². The van der Waals surface area contributed by atoms with Crippen molar-refractivity contribution in [1.29, 1.82) is 0 Å². The highest BCUT2D eigenvalue weighted by Gasteiger charge is 2.15. The zero-order chi connectivity index (χ0) is 12.3. The predicted molar refractivity (Wildman–Crippen MR) is 63.3 cm³/mol. The van der Waals surface area contributed by atoms with Crippen LogP contribution in [0.5, 0.6) is 0 Å². The summed E-state index contributed by atoms with van der Waals surface area (Å²) in [6, 6.07) is 7.52. The number of nitrogens with zero attached hydrogens (tertiary/aromatic N) is 2. The van der Waals surface area contributed by atoms with Gasteiger partial charge in [-0.2, -0.15) is 4.98 Å². The molecule has 0 fully saturated rings. The van der Waals surface area contributed by atoms with Crippen LogP contribution >= 0.6 is 0 Å². The Bertz CT molecular complexity index is 496. The summed E-state index contributed by atoms with van der Waals surface area (Å²) < 4.78 is 10.0. The topological polar surface area (TPSA) is 74.2 Å². The molecule has 2 N–H and O–H groups in total. The summed E-state index contributed by atoms with van der Waals surface area (Å²) in [5.41, 5.74) is 7.87. The van der Waals surface area contributed by atoms with Crippen LogP contribution in [-0.4, -0.2) is 23.9 Å². The van der Waals surface area contributed by atoms with Crippen molar-refractivity contribution >= 4 is 0 Å². The molecule has 17 heavy (non-hydrogen) atoms. The Morgan fingerprint density at radius 2 is 2.29 bits per heavy atom. The van der Waals surface area contributed by atoms with Crippen molar-refractivity contribution in [2.75, 3.05) is 13.7 Å². The summed E-state index contributed by atoms with van der Waals surface area (Å²) in [5.74, 6) is 0.943. The number of hydrogen-bond donors (Lipinski definition) is 1. The number of aryl methyl sites for hydroxylation is 1. The van der Waals surface area contributed by atoms with E-state index in [1.807, 2.05) is 31.2 Å². The van der Waals surface area contributed by atoms with E-state index in [9.17, 15) is 0 Å². The van der Waals surface area contributed by atoms with Gasteiger partial charge in [-0.3, -0.25) is 0 Å². The van der Waals surface area contributed by atoms with Crippen molar-refractivity contribution in [1.82, 2.24) is 10.1 Å². The predicted octanol–water partition coefficient (Wildman–Crippen LogP) is 1.69. The van der Waals surface area contributed by atoms with Gasteiger partial charge in [-0.25, -0.2) is 0 Å². The second-order valence-corrected chi connectivity index (χ2v) is 3.89. The second kappa shape index (κ2) is 5.07. The van der Waals surface area contributed by atoms with Crippen LogP contribution in [0, 0.1) is 6.92 Å². The summed E-state index contributed by atoms with van der Waals surface area (Å²) in [5, 5.41) is 3.91. The van der Waals surface area contributed by atoms with Crippen molar-refractivity contribution < 1.29 is 9.26 Å². The minimum atomic E-state index is -0.383. The second-order valence-electron chi connectivity index (χ2n) is 3.89. The number of ether oxygens (including phenoxy) is 1. The maximum atomic E-state index is 5.81. The quantitative estimate of drug-likeness (QED) is 0.869. The molecule has 1 aromatic carbocycles. The molecule has 0 saturated carbocycles. The Hall–Kier alpha value is -1.72. The molecule has 90 valence electrons. The lowest BCUT2D eigenvalue weighted by Crippen LogP contribution is -2.16. The maximum Gasteiger partial charge on any atom is 0.246 e.